The van der Waals surface area contributed by atoms with Gasteiger partial charge in [-0.25, -0.2) is 0 Å². The van der Waals surface area contributed by atoms with Gasteiger partial charge < -0.3 is 5.11 Å². The monoisotopic (exact) mass is 286 g/mol. The summed E-state index contributed by atoms with van der Waals surface area (Å²) in [6.07, 6.45) is 8.93. The van der Waals surface area contributed by atoms with Crippen LogP contribution < -0.4 is 0 Å². The number of rotatable bonds is 7. The molecule has 0 aliphatic heterocycles. The highest BCUT2D eigenvalue weighted by Crippen LogP contribution is 2.33. The maximum Gasteiger partial charge on any atom is 0.119 e. The number of hydrogen-bond donors (Lipinski definition) is 1. The van der Waals surface area contributed by atoms with Gasteiger partial charge in [0, 0.05) is 0 Å². The van der Waals surface area contributed by atoms with Crippen LogP contribution in [0.4, 0.5) is 0 Å². The quantitative estimate of drug-likeness (QED) is 0.585. The molecule has 1 aromatic rings. The lowest BCUT2D eigenvalue weighted by molar-refractivity contribution is 0.453. The molecule has 0 spiro atoms. The van der Waals surface area contributed by atoms with Gasteiger partial charge >= 0.3 is 0 Å². The lowest BCUT2D eigenvalue weighted by atomic mass is 9.88. The largest absolute Gasteiger partial charge is 0.508 e. The van der Waals surface area contributed by atoms with Gasteiger partial charge in [-0.3, -0.25) is 0 Å². The second kappa shape index (κ2) is 8.71. The van der Waals surface area contributed by atoms with Crippen LogP contribution in [0.25, 0.3) is 0 Å². The van der Waals surface area contributed by atoms with E-state index in [4.69, 9.17) is 0 Å². The molecule has 0 heterocycles. The second-order valence-corrected chi connectivity index (χ2v) is 6.48. The molecule has 1 aromatic carbocycles. The van der Waals surface area contributed by atoms with Crippen molar-refractivity contribution in [3.8, 4) is 5.75 Å². The Morgan fingerprint density at radius 2 is 1.52 bits per heavy atom. The zero-order valence-corrected chi connectivity index (χ0v) is 14.2. The van der Waals surface area contributed by atoms with Crippen molar-refractivity contribution in [3.05, 3.63) is 52.6 Å². The third-order valence-corrected chi connectivity index (χ3v) is 3.76. The maximum absolute atomic E-state index is 10.2. The molecule has 0 atom stereocenters. The minimum absolute atomic E-state index is 0.428. The van der Waals surface area contributed by atoms with Gasteiger partial charge in [0.25, 0.3) is 0 Å². The number of hydrogen-bond acceptors (Lipinski definition) is 1. The molecule has 0 saturated heterocycles. The van der Waals surface area contributed by atoms with Crippen molar-refractivity contribution < 1.29 is 5.11 Å². The van der Waals surface area contributed by atoms with Gasteiger partial charge in [0.1, 0.15) is 5.75 Å². The van der Waals surface area contributed by atoms with Crippen LogP contribution in [0, 0.1) is 6.92 Å². The first-order valence-corrected chi connectivity index (χ1v) is 7.96. The Hall–Kier alpha value is -1.50. The summed E-state index contributed by atoms with van der Waals surface area (Å²) in [7, 11) is 0. The average molecular weight is 286 g/mol. The van der Waals surface area contributed by atoms with Crippen LogP contribution in [0.1, 0.15) is 70.4 Å². The summed E-state index contributed by atoms with van der Waals surface area (Å²) in [5.74, 6) is 0.881. The Labute approximate surface area is 130 Å². The second-order valence-electron chi connectivity index (χ2n) is 6.48. The van der Waals surface area contributed by atoms with Gasteiger partial charge in [0.15, 0.2) is 0 Å². The van der Waals surface area contributed by atoms with E-state index in [-0.39, 0.29) is 0 Å². The zero-order chi connectivity index (χ0) is 15.8. The van der Waals surface area contributed by atoms with Crippen molar-refractivity contribution in [3.63, 3.8) is 0 Å². The number of allylic oxidation sites excluding steroid dienone is 4. The van der Waals surface area contributed by atoms with Crippen LogP contribution in [0.15, 0.2) is 41.5 Å². The van der Waals surface area contributed by atoms with Gasteiger partial charge in [-0.15, -0.1) is 0 Å². The smallest absolute Gasteiger partial charge is 0.119 e. The van der Waals surface area contributed by atoms with Crippen LogP contribution >= 0.6 is 0 Å². The zero-order valence-electron chi connectivity index (χ0n) is 14.2. The summed E-state index contributed by atoms with van der Waals surface area (Å²) < 4.78 is 0. The van der Waals surface area contributed by atoms with E-state index in [1.54, 1.807) is 0 Å². The highest BCUT2D eigenvalue weighted by atomic mass is 16.3. The van der Waals surface area contributed by atoms with Gasteiger partial charge in [-0.05, 0) is 83.4 Å². The molecule has 0 amide bonds. The van der Waals surface area contributed by atoms with Crippen molar-refractivity contribution >= 4 is 0 Å². The Balaban J connectivity index is 2.83. The van der Waals surface area contributed by atoms with E-state index in [1.807, 2.05) is 13.0 Å². The van der Waals surface area contributed by atoms with Gasteiger partial charge in [0.05, 0.1) is 0 Å². The van der Waals surface area contributed by atoms with E-state index in [1.165, 1.54) is 11.1 Å². The summed E-state index contributed by atoms with van der Waals surface area (Å²) in [5.41, 5.74) is 4.95. The summed E-state index contributed by atoms with van der Waals surface area (Å²) in [5, 5.41) is 10.2. The fourth-order valence-corrected chi connectivity index (χ4v) is 2.60. The predicted octanol–water partition coefficient (Wildman–Crippen LogP) is 6.28. The number of phenols is 1. The van der Waals surface area contributed by atoms with Crippen molar-refractivity contribution in [2.45, 2.75) is 66.2 Å². The molecule has 1 nitrogen and oxygen atoms in total. The summed E-state index contributed by atoms with van der Waals surface area (Å²) in [4.78, 5) is 0. The Morgan fingerprint density at radius 1 is 1.00 bits per heavy atom. The topological polar surface area (TPSA) is 20.2 Å². The third kappa shape index (κ3) is 6.66. The molecule has 21 heavy (non-hydrogen) atoms. The summed E-state index contributed by atoms with van der Waals surface area (Å²) in [6.45, 7) is 10.6. The van der Waals surface area contributed by atoms with Crippen LogP contribution in [0.3, 0.4) is 0 Å². The average Bonchev–Trinajstić information content (AvgIpc) is 2.36. The van der Waals surface area contributed by atoms with E-state index in [9.17, 15) is 5.11 Å². The Bertz CT molecular complexity index is 479. The van der Waals surface area contributed by atoms with E-state index in [0.717, 1.165) is 36.8 Å². The van der Waals surface area contributed by atoms with E-state index in [0.29, 0.717) is 11.7 Å². The van der Waals surface area contributed by atoms with E-state index < -0.39 is 0 Å². The van der Waals surface area contributed by atoms with Gasteiger partial charge in [-0.2, -0.15) is 0 Å². The molecule has 0 aliphatic carbocycles. The lowest BCUT2D eigenvalue weighted by Gasteiger charge is -2.18. The van der Waals surface area contributed by atoms with E-state index >= 15 is 0 Å². The molecule has 0 unspecified atom stereocenters. The molecule has 1 rings (SSSR count). The highest BCUT2D eigenvalue weighted by Gasteiger charge is 2.14. The molecule has 0 fully saturated rings. The van der Waals surface area contributed by atoms with Crippen LogP contribution in [-0.4, -0.2) is 5.11 Å². The van der Waals surface area contributed by atoms with Gasteiger partial charge in [0.2, 0.25) is 0 Å². The number of aromatic hydroxyl groups is 1. The fourth-order valence-electron chi connectivity index (χ4n) is 2.60. The van der Waals surface area contributed by atoms with Crippen molar-refractivity contribution in [2.24, 2.45) is 0 Å². The highest BCUT2D eigenvalue weighted by molar-refractivity contribution is 5.38. The van der Waals surface area contributed by atoms with Crippen LogP contribution in [-0.2, 0) is 0 Å². The molecule has 1 heteroatoms. The normalized spacial score (nSPS) is 10.6. The predicted molar refractivity (Wildman–Crippen MR) is 92.9 cm³/mol. The number of phenolic OH excluding ortho intramolecular Hbond substituents is 1. The Morgan fingerprint density at radius 3 is 1.95 bits per heavy atom. The summed E-state index contributed by atoms with van der Waals surface area (Å²) >= 11 is 0. The van der Waals surface area contributed by atoms with E-state index in [2.05, 4.69) is 52.0 Å². The number of aryl methyl sites for hydroxylation is 1. The minimum Gasteiger partial charge on any atom is -0.508 e. The lowest BCUT2D eigenvalue weighted by Crippen LogP contribution is -2.00. The van der Waals surface area contributed by atoms with Crippen LogP contribution in [0.2, 0.25) is 0 Å². The molecule has 0 radical (unpaired) electrons. The Kier molecular flexibility index (Phi) is 7.28. The van der Waals surface area contributed by atoms with Crippen molar-refractivity contribution in [1.29, 1.82) is 0 Å². The molecule has 0 bridgehead atoms. The van der Waals surface area contributed by atoms with Crippen molar-refractivity contribution in [1.82, 2.24) is 0 Å². The molecule has 1 N–H and O–H groups in total. The SMILES string of the molecule is CC(C)=CCCC(CCC=C(C)C)c1ccc(C)cc1O. The molecule has 0 saturated carbocycles. The molecule has 0 aliphatic rings. The molecule has 116 valence electrons. The maximum atomic E-state index is 10.2. The van der Waals surface area contributed by atoms with Crippen LogP contribution in [0.5, 0.6) is 5.75 Å². The van der Waals surface area contributed by atoms with Crippen molar-refractivity contribution in [2.75, 3.05) is 0 Å². The first kappa shape index (κ1) is 17.6. The third-order valence-electron chi connectivity index (χ3n) is 3.76. The van der Waals surface area contributed by atoms with Gasteiger partial charge in [-0.1, -0.05) is 35.4 Å². The summed E-state index contributed by atoms with van der Waals surface area (Å²) in [6, 6.07) is 6.08. The standard InChI is InChI=1S/C20H30O/c1-15(2)8-6-10-18(11-7-9-16(3)4)19-13-12-17(5)14-20(19)21/h8-9,12-14,18,21H,6-7,10-11H2,1-5H3. The minimum atomic E-state index is 0.428. The fraction of sp³-hybridized carbons (Fsp3) is 0.500. The molecular formula is C20H30O. The first-order chi connectivity index (χ1) is 9.90. The molecule has 0 aromatic heterocycles. The molecular weight excluding hydrogens is 256 g/mol. The number of benzene rings is 1. The first-order valence-electron chi connectivity index (χ1n) is 7.96.